The van der Waals surface area contributed by atoms with E-state index >= 15 is 0 Å². The molecule has 0 aliphatic carbocycles. The van der Waals surface area contributed by atoms with Crippen molar-refractivity contribution in [1.29, 1.82) is 0 Å². The Balaban J connectivity index is 3.78. The van der Waals surface area contributed by atoms with E-state index in [1.165, 1.54) is 0 Å². The summed E-state index contributed by atoms with van der Waals surface area (Å²) in [5.74, 6) is 1.04. The quantitative estimate of drug-likeness (QED) is 0.363. The first kappa shape index (κ1) is 14.4. The molecule has 0 aliphatic rings. The van der Waals surface area contributed by atoms with E-state index < -0.39 is 15.9 Å². The maximum absolute atomic E-state index is 6.17. The molecule has 0 saturated carbocycles. The van der Waals surface area contributed by atoms with E-state index in [2.05, 4.69) is 0 Å². The molecule has 0 aromatic rings. The fraction of sp³-hybridized carbons (Fsp3) is 0.500. The average Bonchev–Trinajstić information content (AvgIpc) is 2.05. The second-order valence-electron chi connectivity index (χ2n) is 2.28. The minimum absolute atomic E-state index is 0.518. The fourth-order valence-electron chi connectivity index (χ4n) is 0.612. The standard InChI is InChI=1S/C8H12Cl4Te/c9-5-1-3-7-13(11,12)8-4-2-6-10/h1-4H,5-8H2/b3-1+,4-2+. The van der Waals surface area contributed by atoms with Crippen LogP contribution in [0.1, 0.15) is 0 Å². The normalized spacial score (nSPS) is 14.5. The molecule has 0 amide bonds. The molecule has 0 unspecified atom stereocenters. The number of alkyl halides is 2. The van der Waals surface area contributed by atoms with Gasteiger partial charge < -0.3 is 0 Å². The number of halogens is 4. The van der Waals surface area contributed by atoms with Crippen LogP contribution in [-0.4, -0.2) is 27.7 Å². The van der Waals surface area contributed by atoms with E-state index in [0.717, 1.165) is 8.94 Å². The average molecular weight is 378 g/mol. The molecule has 0 fully saturated rings. The summed E-state index contributed by atoms with van der Waals surface area (Å²) >= 11 is 8.32. The predicted molar refractivity (Wildman–Crippen MR) is 66.8 cm³/mol. The maximum atomic E-state index is 6.17. The van der Waals surface area contributed by atoms with Crippen molar-refractivity contribution < 1.29 is 0 Å². The van der Waals surface area contributed by atoms with E-state index in [9.17, 15) is 0 Å². The van der Waals surface area contributed by atoms with Gasteiger partial charge in [0, 0.05) is 0 Å². The summed E-state index contributed by atoms with van der Waals surface area (Å²) in [4.78, 5) is 0. The van der Waals surface area contributed by atoms with Crippen LogP contribution in [0.15, 0.2) is 24.3 Å². The molecule has 0 rings (SSSR count). The molecule has 0 aromatic carbocycles. The van der Waals surface area contributed by atoms with Gasteiger partial charge in [-0.15, -0.1) is 0 Å². The summed E-state index contributed by atoms with van der Waals surface area (Å²) in [5, 5.41) is 0. The topological polar surface area (TPSA) is 0 Å². The van der Waals surface area contributed by atoms with Gasteiger partial charge in [0.2, 0.25) is 0 Å². The van der Waals surface area contributed by atoms with Gasteiger partial charge >= 0.3 is 102 Å². The molecule has 0 bridgehead atoms. The van der Waals surface area contributed by atoms with Gasteiger partial charge in [-0.1, -0.05) is 0 Å². The number of rotatable bonds is 6. The summed E-state index contributed by atoms with van der Waals surface area (Å²) in [7, 11) is 12.3. The molecule has 5 heteroatoms. The molecular weight excluding hydrogens is 366 g/mol. The third kappa shape index (κ3) is 9.73. The van der Waals surface area contributed by atoms with Gasteiger partial charge in [0.15, 0.2) is 0 Å². The van der Waals surface area contributed by atoms with Crippen molar-refractivity contribution in [1.82, 2.24) is 0 Å². The Kier molecular flexibility index (Phi) is 9.67. The van der Waals surface area contributed by atoms with Gasteiger partial charge in [0.05, 0.1) is 0 Å². The SMILES string of the molecule is ClC/C=C/C[Te](Cl)(Cl)C/C=C/CCl. The zero-order valence-electron chi connectivity index (χ0n) is 7.06. The van der Waals surface area contributed by atoms with Crippen LogP contribution in [0.25, 0.3) is 0 Å². The Morgan fingerprint density at radius 1 is 0.769 bits per heavy atom. The Hall–Kier alpha value is 1.43. The first-order chi connectivity index (χ1) is 6.12. The fourth-order valence-corrected chi connectivity index (χ4v) is 5.59. The van der Waals surface area contributed by atoms with Gasteiger partial charge in [-0.3, -0.25) is 0 Å². The zero-order chi connectivity index (χ0) is 10.2. The van der Waals surface area contributed by atoms with Crippen molar-refractivity contribution in [2.75, 3.05) is 11.8 Å². The van der Waals surface area contributed by atoms with Crippen LogP contribution in [0.4, 0.5) is 0 Å². The Bertz CT molecular complexity index is 159. The van der Waals surface area contributed by atoms with Crippen molar-refractivity contribution in [3.63, 3.8) is 0 Å². The van der Waals surface area contributed by atoms with Gasteiger partial charge in [-0.2, -0.15) is 0 Å². The Morgan fingerprint density at radius 3 is 1.46 bits per heavy atom. The van der Waals surface area contributed by atoms with Gasteiger partial charge in [0.25, 0.3) is 0 Å². The molecule has 0 aliphatic heterocycles. The van der Waals surface area contributed by atoms with Crippen LogP contribution in [0.3, 0.4) is 0 Å². The van der Waals surface area contributed by atoms with Crippen molar-refractivity contribution in [2.24, 2.45) is 0 Å². The van der Waals surface area contributed by atoms with Crippen molar-refractivity contribution >= 4 is 57.1 Å². The summed E-state index contributed by atoms with van der Waals surface area (Å²) < 4.78 is 1.57. The summed E-state index contributed by atoms with van der Waals surface area (Å²) in [5.41, 5.74) is 0. The summed E-state index contributed by atoms with van der Waals surface area (Å²) in [6.07, 6.45) is 7.67. The second kappa shape index (κ2) is 8.72. The third-order valence-electron chi connectivity index (χ3n) is 1.19. The van der Waals surface area contributed by atoms with Crippen LogP contribution in [0, 0.1) is 0 Å². The molecule has 13 heavy (non-hydrogen) atoms. The molecule has 0 aromatic heterocycles. The molecule has 0 saturated heterocycles. The second-order valence-corrected chi connectivity index (χ2v) is 17.8. The van der Waals surface area contributed by atoms with Crippen molar-refractivity contribution in [3.05, 3.63) is 24.3 Å². The molecule has 0 radical (unpaired) electrons. The van der Waals surface area contributed by atoms with Crippen LogP contribution in [-0.2, 0) is 0 Å². The summed E-state index contributed by atoms with van der Waals surface area (Å²) in [6.45, 7) is 0. The molecule has 0 spiro atoms. The number of hydrogen-bond donors (Lipinski definition) is 0. The summed E-state index contributed by atoms with van der Waals surface area (Å²) in [6, 6.07) is 0. The van der Waals surface area contributed by atoms with Crippen molar-refractivity contribution in [3.8, 4) is 0 Å². The van der Waals surface area contributed by atoms with E-state index in [1.807, 2.05) is 24.3 Å². The van der Waals surface area contributed by atoms with Crippen LogP contribution < -0.4 is 0 Å². The number of allylic oxidation sites excluding steroid dienone is 4. The van der Waals surface area contributed by atoms with E-state index in [4.69, 9.17) is 41.1 Å². The van der Waals surface area contributed by atoms with Crippen LogP contribution in [0.5, 0.6) is 0 Å². The van der Waals surface area contributed by atoms with Gasteiger partial charge in [-0.05, 0) is 0 Å². The van der Waals surface area contributed by atoms with Crippen molar-refractivity contribution in [2.45, 2.75) is 8.94 Å². The predicted octanol–water partition coefficient (Wildman–Crippen LogP) is 4.50. The Morgan fingerprint density at radius 2 is 1.15 bits per heavy atom. The zero-order valence-corrected chi connectivity index (χ0v) is 12.4. The molecule has 78 valence electrons. The molecule has 0 nitrogen and oxygen atoms in total. The van der Waals surface area contributed by atoms with Gasteiger partial charge in [-0.25, -0.2) is 0 Å². The Labute approximate surface area is 101 Å². The van der Waals surface area contributed by atoms with Crippen LogP contribution >= 0.6 is 41.1 Å². The molecular formula is C8H12Cl4Te. The first-order valence-electron chi connectivity index (χ1n) is 3.72. The van der Waals surface area contributed by atoms with E-state index in [-0.39, 0.29) is 0 Å². The monoisotopic (exact) mass is 378 g/mol. The minimum atomic E-state index is -2.63. The van der Waals surface area contributed by atoms with Gasteiger partial charge in [0.1, 0.15) is 0 Å². The van der Waals surface area contributed by atoms with E-state index in [1.54, 1.807) is 0 Å². The first-order valence-corrected chi connectivity index (χ1v) is 14.0. The molecule has 0 N–H and O–H groups in total. The van der Waals surface area contributed by atoms with E-state index in [0.29, 0.717) is 11.8 Å². The van der Waals surface area contributed by atoms with Crippen LogP contribution in [0.2, 0.25) is 8.94 Å². The third-order valence-corrected chi connectivity index (χ3v) is 8.81. The molecule has 0 heterocycles. The number of hydrogen-bond acceptors (Lipinski definition) is 0. The molecule has 0 atom stereocenters.